The summed E-state index contributed by atoms with van der Waals surface area (Å²) in [5.74, 6) is -0.0914. The number of hydrogen-bond donors (Lipinski definition) is 1. The standard InChI is InChI=1S/C7H10N2O/c1-5(3-10)7-6(2)8-4-9-7/h3-5H,1-2H3,(H,8,9). The summed E-state index contributed by atoms with van der Waals surface area (Å²) in [6.45, 7) is 3.73. The fourth-order valence-corrected chi connectivity index (χ4v) is 0.893. The van der Waals surface area contributed by atoms with E-state index in [9.17, 15) is 4.79 Å². The number of aromatic nitrogens is 2. The number of aromatic amines is 1. The highest BCUT2D eigenvalue weighted by atomic mass is 16.1. The Morgan fingerprint density at radius 1 is 1.80 bits per heavy atom. The van der Waals surface area contributed by atoms with Gasteiger partial charge in [0, 0.05) is 5.69 Å². The molecule has 0 fully saturated rings. The summed E-state index contributed by atoms with van der Waals surface area (Å²) >= 11 is 0. The monoisotopic (exact) mass is 138 g/mol. The van der Waals surface area contributed by atoms with Crippen LogP contribution >= 0.6 is 0 Å². The molecule has 0 bridgehead atoms. The number of aldehydes is 1. The average Bonchev–Trinajstić information content (AvgIpc) is 2.34. The highest BCUT2D eigenvalue weighted by Crippen LogP contribution is 2.11. The van der Waals surface area contributed by atoms with Crippen LogP contribution in [-0.4, -0.2) is 16.3 Å². The predicted octanol–water partition coefficient (Wildman–Crippen LogP) is 1.02. The summed E-state index contributed by atoms with van der Waals surface area (Å²) in [4.78, 5) is 17.2. The van der Waals surface area contributed by atoms with Gasteiger partial charge in [0.15, 0.2) is 0 Å². The van der Waals surface area contributed by atoms with Crippen LogP contribution in [0.4, 0.5) is 0 Å². The molecule has 0 radical (unpaired) electrons. The van der Waals surface area contributed by atoms with Crippen LogP contribution in [0, 0.1) is 6.92 Å². The molecule has 0 aliphatic carbocycles. The van der Waals surface area contributed by atoms with Gasteiger partial charge in [0.05, 0.1) is 17.9 Å². The molecule has 54 valence electrons. The van der Waals surface area contributed by atoms with E-state index in [2.05, 4.69) is 9.97 Å². The van der Waals surface area contributed by atoms with Gasteiger partial charge < -0.3 is 9.78 Å². The lowest BCUT2D eigenvalue weighted by atomic mass is 10.1. The summed E-state index contributed by atoms with van der Waals surface area (Å²) in [6, 6.07) is 0. The summed E-state index contributed by atoms with van der Waals surface area (Å²) in [5, 5.41) is 0. The minimum atomic E-state index is -0.0914. The van der Waals surface area contributed by atoms with Gasteiger partial charge in [-0.15, -0.1) is 0 Å². The third kappa shape index (κ3) is 1.07. The normalized spacial score (nSPS) is 13.0. The SMILES string of the molecule is Cc1[nH]cnc1C(C)C=O. The Kier molecular flexibility index (Phi) is 1.85. The van der Waals surface area contributed by atoms with Crippen LogP contribution < -0.4 is 0 Å². The molecule has 0 spiro atoms. The van der Waals surface area contributed by atoms with Crippen molar-refractivity contribution in [3.63, 3.8) is 0 Å². The molecule has 1 N–H and O–H groups in total. The van der Waals surface area contributed by atoms with Crippen molar-refractivity contribution in [2.75, 3.05) is 0 Å². The first-order valence-corrected chi connectivity index (χ1v) is 3.21. The maximum absolute atomic E-state index is 10.3. The van der Waals surface area contributed by atoms with Crippen LogP contribution in [0.25, 0.3) is 0 Å². The zero-order valence-corrected chi connectivity index (χ0v) is 6.09. The Morgan fingerprint density at radius 2 is 2.50 bits per heavy atom. The van der Waals surface area contributed by atoms with E-state index in [0.29, 0.717) is 0 Å². The van der Waals surface area contributed by atoms with E-state index in [4.69, 9.17) is 0 Å². The number of nitrogens with one attached hydrogen (secondary N) is 1. The topological polar surface area (TPSA) is 45.8 Å². The highest BCUT2D eigenvalue weighted by Gasteiger charge is 2.08. The van der Waals surface area contributed by atoms with Crippen molar-refractivity contribution in [2.24, 2.45) is 0 Å². The Balaban J connectivity index is 2.92. The fourth-order valence-electron chi connectivity index (χ4n) is 0.893. The molecule has 1 rings (SSSR count). The number of rotatable bonds is 2. The number of hydrogen-bond acceptors (Lipinski definition) is 2. The van der Waals surface area contributed by atoms with E-state index in [1.165, 1.54) is 0 Å². The van der Waals surface area contributed by atoms with Crippen molar-refractivity contribution in [2.45, 2.75) is 19.8 Å². The summed E-state index contributed by atoms with van der Waals surface area (Å²) in [5.41, 5.74) is 1.81. The molecule has 10 heavy (non-hydrogen) atoms. The third-order valence-corrected chi connectivity index (χ3v) is 1.50. The molecular formula is C7H10N2O. The fraction of sp³-hybridized carbons (Fsp3) is 0.429. The zero-order valence-electron chi connectivity index (χ0n) is 6.09. The van der Waals surface area contributed by atoms with Crippen LogP contribution in [-0.2, 0) is 4.79 Å². The summed E-state index contributed by atoms with van der Waals surface area (Å²) in [6.07, 6.45) is 2.49. The molecule has 3 nitrogen and oxygen atoms in total. The molecule has 1 aromatic heterocycles. The zero-order chi connectivity index (χ0) is 7.56. The molecule has 1 aromatic rings. The number of carbonyl (C=O) groups excluding carboxylic acids is 1. The van der Waals surface area contributed by atoms with E-state index >= 15 is 0 Å². The molecule has 0 amide bonds. The lowest BCUT2D eigenvalue weighted by Gasteiger charge is -1.97. The molecular weight excluding hydrogens is 128 g/mol. The number of nitrogens with zero attached hydrogens (tertiary/aromatic N) is 1. The van der Waals surface area contributed by atoms with Crippen molar-refractivity contribution in [3.8, 4) is 0 Å². The number of carbonyl (C=O) groups is 1. The van der Waals surface area contributed by atoms with Gasteiger partial charge in [-0.3, -0.25) is 0 Å². The van der Waals surface area contributed by atoms with E-state index in [1.807, 2.05) is 13.8 Å². The minimum Gasteiger partial charge on any atom is -0.348 e. The van der Waals surface area contributed by atoms with Gasteiger partial charge in [0.1, 0.15) is 6.29 Å². The largest absolute Gasteiger partial charge is 0.348 e. The Labute approximate surface area is 59.5 Å². The van der Waals surface area contributed by atoms with Crippen molar-refractivity contribution < 1.29 is 4.79 Å². The number of imidazole rings is 1. The van der Waals surface area contributed by atoms with Gasteiger partial charge in [0.25, 0.3) is 0 Å². The lowest BCUT2D eigenvalue weighted by molar-refractivity contribution is -0.108. The maximum Gasteiger partial charge on any atom is 0.128 e. The molecule has 0 aliphatic heterocycles. The van der Waals surface area contributed by atoms with E-state index in [1.54, 1.807) is 6.33 Å². The first-order chi connectivity index (χ1) is 4.75. The Hall–Kier alpha value is -1.12. The predicted molar refractivity (Wildman–Crippen MR) is 37.8 cm³/mol. The second-order valence-electron chi connectivity index (χ2n) is 2.34. The molecule has 3 heteroatoms. The second kappa shape index (κ2) is 2.64. The number of H-pyrrole nitrogens is 1. The van der Waals surface area contributed by atoms with Crippen LogP contribution in [0.5, 0.6) is 0 Å². The van der Waals surface area contributed by atoms with Crippen molar-refractivity contribution >= 4 is 6.29 Å². The van der Waals surface area contributed by atoms with Crippen molar-refractivity contribution in [1.82, 2.24) is 9.97 Å². The van der Waals surface area contributed by atoms with Crippen LogP contribution in [0.2, 0.25) is 0 Å². The molecule has 1 atom stereocenters. The maximum atomic E-state index is 10.3. The average molecular weight is 138 g/mol. The van der Waals surface area contributed by atoms with Crippen molar-refractivity contribution in [3.05, 3.63) is 17.7 Å². The summed E-state index contributed by atoms with van der Waals surface area (Å²) in [7, 11) is 0. The molecule has 1 unspecified atom stereocenters. The van der Waals surface area contributed by atoms with Gasteiger partial charge >= 0.3 is 0 Å². The number of aryl methyl sites for hydroxylation is 1. The molecule has 0 aromatic carbocycles. The van der Waals surface area contributed by atoms with E-state index in [-0.39, 0.29) is 5.92 Å². The van der Waals surface area contributed by atoms with Gasteiger partial charge in [-0.05, 0) is 6.92 Å². The summed E-state index contributed by atoms with van der Waals surface area (Å²) < 4.78 is 0. The van der Waals surface area contributed by atoms with Crippen LogP contribution in [0.1, 0.15) is 24.2 Å². The molecule has 1 heterocycles. The van der Waals surface area contributed by atoms with Gasteiger partial charge in [-0.25, -0.2) is 4.98 Å². The second-order valence-corrected chi connectivity index (χ2v) is 2.34. The first-order valence-electron chi connectivity index (χ1n) is 3.21. The van der Waals surface area contributed by atoms with Gasteiger partial charge in [0.2, 0.25) is 0 Å². The Bertz CT molecular complexity index is 229. The van der Waals surface area contributed by atoms with E-state index in [0.717, 1.165) is 17.7 Å². The molecule has 0 aliphatic rings. The van der Waals surface area contributed by atoms with Crippen molar-refractivity contribution in [1.29, 1.82) is 0 Å². The molecule has 0 saturated carbocycles. The quantitative estimate of drug-likeness (QED) is 0.620. The first kappa shape index (κ1) is 6.99. The highest BCUT2D eigenvalue weighted by molar-refractivity contribution is 5.60. The van der Waals surface area contributed by atoms with E-state index < -0.39 is 0 Å². The lowest BCUT2D eigenvalue weighted by Crippen LogP contribution is -1.96. The van der Waals surface area contributed by atoms with Gasteiger partial charge in [-0.2, -0.15) is 0 Å². The third-order valence-electron chi connectivity index (χ3n) is 1.50. The van der Waals surface area contributed by atoms with Crippen LogP contribution in [0.3, 0.4) is 0 Å². The smallest absolute Gasteiger partial charge is 0.128 e. The van der Waals surface area contributed by atoms with Gasteiger partial charge in [-0.1, -0.05) is 6.92 Å². The minimum absolute atomic E-state index is 0.0914. The molecule has 0 saturated heterocycles. The van der Waals surface area contributed by atoms with Crippen LogP contribution in [0.15, 0.2) is 6.33 Å². The Morgan fingerprint density at radius 3 is 2.90 bits per heavy atom.